The maximum absolute atomic E-state index is 6.32. The molecule has 0 bridgehead atoms. The number of unbranched alkanes of at least 4 members (excludes halogenated alkanes) is 4. The standard InChI is InChI=1S/C14H28ClN/c1-2-3-4-5-8-11-16-12-13-9-6-7-10-14(13)15/h13-14,16H,2-12H2,1H3. The van der Waals surface area contributed by atoms with Gasteiger partial charge < -0.3 is 5.32 Å². The fourth-order valence-electron chi connectivity index (χ4n) is 2.53. The highest BCUT2D eigenvalue weighted by Crippen LogP contribution is 2.27. The molecule has 0 amide bonds. The quantitative estimate of drug-likeness (QED) is 0.495. The van der Waals surface area contributed by atoms with Gasteiger partial charge in [-0.2, -0.15) is 0 Å². The Hall–Kier alpha value is 0.250. The summed E-state index contributed by atoms with van der Waals surface area (Å²) in [6.07, 6.45) is 12.1. The van der Waals surface area contributed by atoms with E-state index in [0.717, 1.165) is 12.5 Å². The van der Waals surface area contributed by atoms with Crippen molar-refractivity contribution < 1.29 is 0 Å². The molecule has 1 aliphatic rings. The van der Waals surface area contributed by atoms with Crippen LogP contribution in [0.5, 0.6) is 0 Å². The van der Waals surface area contributed by atoms with Crippen LogP contribution in [0.4, 0.5) is 0 Å². The molecule has 16 heavy (non-hydrogen) atoms. The number of alkyl halides is 1. The fraction of sp³-hybridized carbons (Fsp3) is 1.00. The predicted octanol–water partition coefficient (Wildman–Crippen LogP) is 4.34. The van der Waals surface area contributed by atoms with Crippen molar-refractivity contribution in [3.05, 3.63) is 0 Å². The highest BCUT2D eigenvalue weighted by molar-refractivity contribution is 6.20. The Morgan fingerprint density at radius 1 is 1.06 bits per heavy atom. The molecule has 0 spiro atoms. The van der Waals surface area contributed by atoms with Crippen molar-refractivity contribution in [2.24, 2.45) is 5.92 Å². The molecule has 1 nitrogen and oxygen atoms in total. The number of hydrogen-bond donors (Lipinski definition) is 1. The van der Waals surface area contributed by atoms with Crippen molar-refractivity contribution >= 4 is 11.6 Å². The number of nitrogens with one attached hydrogen (secondary N) is 1. The molecule has 2 atom stereocenters. The van der Waals surface area contributed by atoms with E-state index in [1.807, 2.05) is 0 Å². The molecule has 96 valence electrons. The lowest BCUT2D eigenvalue weighted by Gasteiger charge is -2.27. The maximum Gasteiger partial charge on any atom is 0.0376 e. The van der Waals surface area contributed by atoms with Crippen molar-refractivity contribution in [1.29, 1.82) is 0 Å². The van der Waals surface area contributed by atoms with Gasteiger partial charge in [0.25, 0.3) is 0 Å². The molecule has 0 aromatic heterocycles. The summed E-state index contributed by atoms with van der Waals surface area (Å²) in [4.78, 5) is 0. The topological polar surface area (TPSA) is 12.0 Å². The van der Waals surface area contributed by atoms with E-state index in [9.17, 15) is 0 Å². The second kappa shape index (κ2) is 9.30. The Bertz CT molecular complexity index is 161. The largest absolute Gasteiger partial charge is 0.316 e. The van der Waals surface area contributed by atoms with E-state index in [1.165, 1.54) is 64.3 Å². The zero-order valence-corrected chi connectivity index (χ0v) is 11.6. The second-order valence-corrected chi connectivity index (χ2v) is 5.74. The Labute approximate surface area is 106 Å². The first-order valence-corrected chi connectivity index (χ1v) is 7.63. The first-order valence-electron chi connectivity index (χ1n) is 7.19. The number of halogens is 1. The minimum atomic E-state index is 0.432. The summed E-state index contributed by atoms with van der Waals surface area (Å²) in [5, 5.41) is 4.01. The van der Waals surface area contributed by atoms with Gasteiger partial charge in [0, 0.05) is 5.38 Å². The Morgan fingerprint density at radius 3 is 2.56 bits per heavy atom. The van der Waals surface area contributed by atoms with Gasteiger partial charge in [-0.05, 0) is 38.3 Å². The third-order valence-corrected chi connectivity index (χ3v) is 4.25. The molecule has 2 heteroatoms. The van der Waals surface area contributed by atoms with Crippen LogP contribution in [-0.4, -0.2) is 18.5 Å². The third-order valence-electron chi connectivity index (χ3n) is 3.68. The van der Waals surface area contributed by atoms with E-state index in [2.05, 4.69) is 12.2 Å². The fourth-order valence-corrected chi connectivity index (χ4v) is 2.90. The van der Waals surface area contributed by atoms with Crippen LogP contribution in [0.2, 0.25) is 0 Å². The molecule has 0 heterocycles. The predicted molar refractivity (Wildman–Crippen MR) is 73.2 cm³/mol. The minimum Gasteiger partial charge on any atom is -0.316 e. The van der Waals surface area contributed by atoms with Gasteiger partial charge in [-0.3, -0.25) is 0 Å². The average molecular weight is 246 g/mol. The summed E-state index contributed by atoms with van der Waals surface area (Å²) >= 11 is 6.32. The molecular formula is C14H28ClN. The van der Waals surface area contributed by atoms with E-state index in [-0.39, 0.29) is 0 Å². The summed E-state index contributed by atoms with van der Waals surface area (Å²) in [7, 11) is 0. The summed E-state index contributed by atoms with van der Waals surface area (Å²) in [5.74, 6) is 0.728. The van der Waals surface area contributed by atoms with Gasteiger partial charge in [0.05, 0.1) is 0 Å². The van der Waals surface area contributed by atoms with Crippen LogP contribution in [0.1, 0.15) is 64.7 Å². The molecule has 1 rings (SSSR count). The van der Waals surface area contributed by atoms with Gasteiger partial charge >= 0.3 is 0 Å². The molecule has 0 aliphatic heterocycles. The van der Waals surface area contributed by atoms with E-state index in [4.69, 9.17) is 11.6 Å². The Kier molecular flexibility index (Phi) is 8.32. The summed E-state index contributed by atoms with van der Waals surface area (Å²) < 4.78 is 0. The maximum atomic E-state index is 6.32. The van der Waals surface area contributed by atoms with Crippen LogP contribution < -0.4 is 5.32 Å². The second-order valence-electron chi connectivity index (χ2n) is 5.18. The van der Waals surface area contributed by atoms with E-state index < -0.39 is 0 Å². The normalized spacial score (nSPS) is 25.9. The lowest BCUT2D eigenvalue weighted by molar-refractivity contribution is 0.348. The van der Waals surface area contributed by atoms with Gasteiger partial charge in [-0.1, -0.05) is 45.4 Å². The SMILES string of the molecule is CCCCCCCNCC1CCCCC1Cl. The zero-order valence-electron chi connectivity index (χ0n) is 10.8. The molecule has 0 radical (unpaired) electrons. The van der Waals surface area contributed by atoms with Crippen molar-refractivity contribution in [2.45, 2.75) is 70.1 Å². The molecule has 1 fully saturated rings. The van der Waals surface area contributed by atoms with Crippen molar-refractivity contribution in [3.8, 4) is 0 Å². The Balaban J connectivity index is 1.90. The minimum absolute atomic E-state index is 0.432. The number of hydrogen-bond acceptors (Lipinski definition) is 1. The smallest absolute Gasteiger partial charge is 0.0376 e. The highest BCUT2D eigenvalue weighted by atomic mass is 35.5. The van der Waals surface area contributed by atoms with Crippen LogP contribution in [-0.2, 0) is 0 Å². The van der Waals surface area contributed by atoms with Crippen LogP contribution in [0.3, 0.4) is 0 Å². The molecule has 1 aliphatic carbocycles. The van der Waals surface area contributed by atoms with Crippen LogP contribution in [0, 0.1) is 5.92 Å². The molecule has 0 aromatic rings. The van der Waals surface area contributed by atoms with Crippen molar-refractivity contribution in [1.82, 2.24) is 5.32 Å². The van der Waals surface area contributed by atoms with Gasteiger partial charge in [0.15, 0.2) is 0 Å². The molecule has 0 saturated heterocycles. The third kappa shape index (κ3) is 6.10. The van der Waals surface area contributed by atoms with Gasteiger partial charge in [0.2, 0.25) is 0 Å². The van der Waals surface area contributed by atoms with Crippen LogP contribution >= 0.6 is 11.6 Å². The van der Waals surface area contributed by atoms with Gasteiger partial charge in [-0.15, -0.1) is 11.6 Å². The van der Waals surface area contributed by atoms with Crippen LogP contribution in [0.15, 0.2) is 0 Å². The zero-order chi connectivity index (χ0) is 11.6. The highest BCUT2D eigenvalue weighted by Gasteiger charge is 2.22. The summed E-state index contributed by atoms with van der Waals surface area (Å²) in [6, 6.07) is 0. The van der Waals surface area contributed by atoms with E-state index >= 15 is 0 Å². The average Bonchev–Trinajstić information content (AvgIpc) is 2.30. The first-order chi connectivity index (χ1) is 7.84. The summed E-state index contributed by atoms with van der Waals surface area (Å²) in [5.41, 5.74) is 0. The van der Waals surface area contributed by atoms with Crippen molar-refractivity contribution in [3.63, 3.8) is 0 Å². The summed E-state index contributed by atoms with van der Waals surface area (Å²) in [6.45, 7) is 4.59. The van der Waals surface area contributed by atoms with Gasteiger partial charge in [0.1, 0.15) is 0 Å². The van der Waals surface area contributed by atoms with Gasteiger partial charge in [-0.25, -0.2) is 0 Å². The molecular weight excluding hydrogens is 218 g/mol. The first kappa shape index (κ1) is 14.3. The lowest BCUT2D eigenvalue weighted by atomic mass is 9.89. The van der Waals surface area contributed by atoms with E-state index in [0.29, 0.717) is 5.38 Å². The van der Waals surface area contributed by atoms with Crippen molar-refractivity contribution in [2.75, 3.05) is 13.1 Å². The monoisotopic (exact) mass is 245 g/mol. The lowest BCUT2D eigenvalue weighted by Crippen LogP contribution is -2.31. The van der Waals surface area contributed by atoms with Crippen LogP contribution in [0.25, 0.3) is 0 Å². The molecule has 1 saturated carbocycles. The van der Waals surface area contributed by atoms with E-state index in [1.54, 1.807) is 0 Å². The molecule has 2 unspecified atom stereocenters. The Morgan fingerprint density at radius 2 is 1.81 bits per heavy atom. The molecule has 1 N–H and O–H groups in total. The molecule has 0 aromatic carbocycles. The number of rotatable bonds is 8.